The van der Waals surface area contributed by atoms with Crippen LogP contribution in [0.3, 0.4) is 0 Å². The van der Waals surface area contributed by atoms with Gasteiger partial charge in [-0.05, 0) is 25.0 Å². The molecule has 0 aromatic heterocycles. The normalized spacial score (nSPS) is 16.9. The SMILES string of the molecule is COc1cccc(C(=O)O)c1OCC1(CN)CCCC1. The molecule has 1 aromatic rings. The summed E-state index contributed by atoms with van der Waals surface area (Å²) < 4.78 is 11.0. The van der Waals surface area contributed by atoms with E-state index in [1.807, 2.05) is 0 Å². The first kappa shape index (κ1) is 14.7. The van der Waals surface area contributed by atoms with Gasteiger partial charge in [0.2, 0.25) is 0 Å². The number of ether oxygens (including phenoxy) is 2. The van der Waals surface area contributed by atoms with Crippen LogP contribution in [0.15, 0.2) is 18.2 Å². The van der Waals surface area contributed by atoms with Gasteiger partial charge in [0.05, 0.1) is 13.7 Å². The van der Waals surface area contributed by atoms with Crippen LogP contribution < -0.4 is 15.2 Å². The topological polar surface area (TPSA) is 81.8 Å². The van der Waals surface area contributed by atoms with Gasteiger partial charge in [0.25, 0.3) is 0 Å². The first-order valence-corrected chi connectivity index (χ1v) is 6.85. The molecule has 1 aliphatic carbocycles. The molecule has 0 spiro atoms. The minimum Gasteiger partial charge on any atom is -0.493 e. The molecular formula is C15H21NO4. The second kappa shape index (κ2) is 6.13. The highest BCUT2D eigenvalue weighted by atomic mass is 16.5. The van der Waals surface area contributed by atoms with Crippen molar-refractivity contribution < 1.29 is 19.4 Å². The molecule has 20 heavy (non-hydrogen) atoms. The van der Waals surface area contributed by atoms with Crippen molar-refractivity contribution in [2.45, 2.75) is 25.7 Å². The minimum absolute atomic E-state index is 0.0311. The monoisotopic (exact) mass is 279 g/mol. The summed E-state index contributed by atoms with van der Waals surface area (Å²) in [5, 5.41) is 9.24. The van der Waals surface area contributed by atoms with Crippen molar-refractivity contribution in [2.24, 2.45) is 11.1 Å². The Hall–Kier alpha value is -1.75. The highest BCUT2D eigenvalue weighted by molar-refractivity contribution is 5.92. The maximum atomic E-state index is 11.3. The second-order valence-corrected chi connectivity index (χ2v) is 5.34. The molecular weight excluding hydrogens is 258 g/mol. The molecule has 3 N–H and O–H groups in total. The molecule has 1 saturated carbocycles. The van der Waals surface area contributed by atoms with E-state index < -0.39 is 5.97 Å². The van der Waals surface area contributed by atoms with E-state index in [2.05, 4.69) is 0 Å². The molecule has 2 rings (SSSR count). The number of methoxy groups -OCH3 is 1. The molecule has 0 unspecified atom stereocenters. The Morgan fingerprint density at radius 1 is 1.40 bits per heavy atom. The summed E-state index contributed by atoms with van der Waals surface area (Å²) in [4.78, 5) is 11.3. The van der Waals surface area contributed by atoms with Crippen molar-refractivity contribution in [3.63, 3.8) is 0 Å². The molecule has 5 heteroatoms. The largest absolute Gasteiger partial charge is 0.493 e. The molecule has 5 nitrogen and oxygen atoms in total. The fourth-order valence-electron chi connectivity index (χ4n) is 2.75. The number of benzene rings is 1. The van der Waals surface area contributed by atoms with E-state index in [1.54, 1.807) is 12.1 Å². The van der Waals surface area contributed by atoms with Crippen LogP contribution >= 0.6 is 0 Å². The molecule has 0 radical (unpaired) electrons. The fraction of sp³-hybridized carbons (Fsp3) is 0.533. The van der Waals surface area contributed by atoms with Gasteiger partial charge in [-0.25, -0.2) is 4.79 Å². The number of nitrogens with two attached hydrogens (primary N) is 1. The maximum absolute atomic E-state index is 11.3. The van der Waals surface area contributed by atoms with Crippen molar-refractivity contribution in [3.05, 3.63) is 23.8 Å². The first-order valence-electron chi connectivity index (χ1n) is 6.85. The third kappa shape index (κ3) is 2.88. The van der Waals surface area contributed by atoms with Crippen LogP contribution in [0.4, 0.5) is 0 Å². The Balaban J connectivity index is 2.21. The van der Waals surface area contributed by atoms with Gasteiger partial charge < -0.3 is 20.3 Å². The second-order valence-electron chi connectivity index (χ2n) is 5.34. The maximum Gasteiger partial charge on any atom is 0.339 e. The Morgan fingerprint density at radius 3 is 2.65 bits per heavy atom. The van der Waals surface area contributed by atoms with Gasteiger partial charge in [-0.1, -0.05) is 18.9 Å². The molecule has 0 amide bonds. The van der Waals surface area contributed by atoms with E-state index in [9.17, 15) is 9.90 Å². The Morgan fingerprint density at radius 2 is 2.10 bits per heavy atom. The summed E-state index contributed by atoms with van der Waals surface area (Å²) in [5.74, 6) is -0.288. The lowest BCUT2D eigenvalue weighted by Gasteiger charge is -2.27. The predicted octanol–water partition coefficient (Wildman–Crippen LogP) is 2.29. The average molecular weight is 279 g/mol. The summed E-state index contributed by atoms with van der Waals surface area (Å²) in [6.07, 6.45) is 4.36. The van der Waals surface area contributed by atoms with Crippen LogP contribution in [0.1, 0.15) is 36.0 Å². The van der Waals surface area contributed by atoms with Gasteiger partial charge in [0.1, 0.15) is 5.56 Å². The third-order valence-electron chi connectivity index (χ3n) is 4.05. The smallest absolute Gasteiger partial charge is 0.339 e. The number of carboxylic acid groups (broad SMARTS) is 1. The third-order valence-corrected chi connectivity index (χ3v) is 4.05. The zero-order valence-corrected chi connectivity index (χ0v) is 11.7. The van der Waals surface area contributed by atoms with E-state index in [-0.39, 0.29) is 11.0 Å². The lowest BCUT2D eigenvalue weighted by molar-refractivity contribution is 0.0686. The van der Waals surface area contributed by atoms with Crippen LogP contribution in [0, 0.1) is 5.41 Å². The standard InChI is InChI=1S/C15H21NO4/c1-19-12-6-4-5-11(14(17)18)13(12)20-10-15(9-16)7-2-3-8-15/h4-6H,2-3,7-10,16H2,1H3,(H,17,18). The summed E-state index contributed by atoms with van der Waals surface area (Å²) >= 11 is 0. The van der Waals surface area contributed by atoms with Crippen molar-refractivity contribution in [3.8, 4) is 11.5 Å². The number of hydrogen-bond donors (Lipinski definition) is 2. The molecule has 110 valence electrons. The van der Waals surface area contributed by atoms with Gasteiger partial charge in [-0.15, -0.1) is 0 Å². The minimum atomic E-state index is -1.02. The quantitative estimate of drug-likeness (QED) is 0.835. The lowest BCUT2D eigenvalue weighted by Crippen LogP contribution is -2.34. The predicted molar refractivity (Wildman–Crippen MR) is 75.4 cm³/mol. The lowest BCUT2D eigenvalue weighted by atomic mass is 9.87. The summed E-state index contributed by atoms with van der Waals surface area (Å²) in [6, 6.07) is 4.86. The van der Waals surface area contributed by atoms with E-state index in [0.29, 0.717) is 24.7 Å². The van der Waals surface area contributed by atoms with E-state index in [1.165, 1.54) is 13.2 Å². The highest BCUT2D eigenvalue weighted by Gasteiger charge is 2.34. The first-order chi connectivity index (χ1) is 9.62. The zero-order chi connectivity index (χ0) is 14.6. The van der Waals surface area contributed by atoms with E-state index >= 15 is 0 Å². The molecule has 0 atom stereocenters. The van der Waals surface area contributed by atoms with Gasteiger partial charge >= 0.3 is 5.97 Å². The van der Waals surface area contributed by atoms with Crippen LogP contribution in [0.5, 0.6) is 11.5 Å². The van der Waals surface area contributed by atoms with Crippen LogP contribution in [0.25, 0.3) is 0 Å². The molecule has 0 bridgehead atoms. The molecule has 0 heterocycles. The Kier molecular flexibility index (Phi) is 4.49. The van der Waals surface area contributed by atoms with Gasteiger partial charge in [0, 0.05) is 12.0 Å². The molecule has 1 aromatic carbocycles. The molecule has 1 fully saturated rings. The fourth-order valence-corrected chi connectivity index (χ4v) is 2.75. The van der Waals surface area contributed by atoms with E-state index in [0.717, 1.165) is 25.7 Å². The Bertz CT molecular complexity index is 481. The molecule has 0 saturated heterocycles. The molecule has 0 aliphatic heterocycles. The summed E-state index contributed by atoms with van der Waals surface area (Å²) in [6.45, 7) is 0.995. The Labute approximate surface area is 118 Å². The molecule has 1 aliphatic rings. The van der Waals surface area contributed by atoms with E-state index in [4.69, 9.17) is 15.2 Å². The number of hydrogen-bond acceptors (Lipinski definition) is 4. The highest BCUT2D eigenvalue weighted by Crippen LogP contribution is 2.39. The van der Waals surface area contributed by atoms with Crippen LogP contribution in [-0.2, 0) is 0 Å². The number of carbonyl (C=O) groups is 1. The number of carboxylic acids is 1. The van der Waals surface area contributed by atoms with Gasteiger partial charge in [-0.3, -0.25) is 0 Å². The zero-order valence-electron chi connectivity index (χ0n) is 11.7. The van der Waals surface area contributed by atoms with Gasteiger partial charge in [0.15, 0.2) is 11.5 Å². The van der Waals surface area contributed by atoms with Crippen LogP contribution in [0.2, 0.25) is 0 Å². The summed E-state index contributed by atoms with van der Waals surface area (Å²) in [5.41, 5.74) is 5.96. The van der Waals surface area contributed by atoms with Crippen molar-refractivity contribution in [1.82, 2.24) is 0 Å². The van der Waals surface area contributed by atoms with Crippen LogP contribution in [-0.4, -0.2) is 31.3 Å². The van der Waals surface area contributed by atoms with Crippen molar-refractivity contribution in [2.75, 3.05) is 20.3 Å². The van der Waals surface area contributed by atoms with Crippen molar-refractivity contribution >= 4 is 5.97 Å². The number of aromatic carboxylic acids is 1. The number of rotatable bonds is 6. The average Bonchev–Trinajstić information content (AvgIpc) is 2.94. The van der Waals surface area contributed by atoms with Crippen molar-refractivity contribution in [1.29, 1.82) is 0 Å². The summed E-state index contributed by atoms with van der Waals surface area (Å²) in [7, 11) is 1.50. The van der Waals surface area contributed by atoms with Gasteiger partial charge in [-0.2, -0.15) is 0 Å². The number of para-hydroxylation sites is 1.